The van der Waals surface area contributed by atoms with Crippen molar-refractivity contribution in [2.75, 3.05) is 55.9 Å². The fourth-order valence-corrected chi connectivity index (χ4v) is 7.59. The van der Waals surface area contributed by atoms with E-state index < -0.39 is 41.8 Å². The van der Waals surface area contributed by atoms with Crippen LogP contribution in [0, 0.1) is 0 Å². The molecule has 4 N–H and O–H groups in total. The molecule has 2 aromatic carbocycles. The van der Waals surface area contributed by atoms with Crippen molar-refractivity contribution >= 4 is 29.5 Å². The first-order chi connectivity index (χ1) is 21.9. The molecule has 0 radical (unpaired) electrons. The maximum Gasteiger partial charge on any atom is 0.500 e. The minimum Gasteiger partial charge on any atom is -0.508 e. The van der Waals surface area contributed by atoms with Crippen molar-refractivity contribution in [3.8, 4) is 11.5 Å². The van der Waals surface area contributed by atoms with Gasteiger partial charge in [0.1, 0.15) is 24.7 Å². The van der Waals surface area contributed by atoms with Gasteiger partial charge in [0.05, 0.1) is 23.3 Å². The normalized spacial score (nSPS) is 12.9. The van der Waals surface area contributed by atoms with Gasteiger partial charge >= 0.3 is 29.5 Å². The third kappa shape index (κ3) is 14.7. The molecule has 2 rings (SSSR count). The van der Waals surface area contributed by atoms with Crippen molar-refractivity contribution < 1.29 is 66.0 Å². The summed E-state index contributed by atoms with van der Waals surface area (Å²) in [7, 11) is 3.96. The van der Waals surface area contributed by atoms with Crippen molar-refractivity contribution in [1.82, 2.24) is 0 Å². The minimum atomic E-state index is -2.63. The first kappa shape index (κ1) is 41.1. The fourth-order valence-electron chi connectivity index (χ4n) is 4.09. The lowest BCUT2D eigenvalue weighted by molar-refractivity contribution is 0.0229. The Bertz CT molecular complexity index is 1020. The summed E-state index contributed by atoms with van der Waals surface area (Å²) in [4.78, 5) is 23.5. The van der Waals surface area contributed by atoms with E-state index in [1.54, 1.807) is 0 Å². The molecule has 0 bridgehead atoms. The van der Waals surface area contributed by atoms with Gasteiger partial charge in [0, 0.05) is 54.7 Å². The summed E-state index contributed by atoms with van der Waals surface area (Å²) in [5, 5.41) is 38.1. The maximum atomic E-state index is 11.8. The topological polar surface area (TPSA) is 189 Å². The maximum absolute atomic E-state index is 11.8. The predicted octanol–water partition coefficient (Wildman–Crippen LogP) is 3.14. The van der Waals surface area contributed by atoms with Gasteiger partial charge in [0.25, 0.3) is 0 Å². The molecule has 0 saturated heterocycles. The molecule has 0 heterocycles. The summed E-state index contributed by atoms with van der Waals surface area (Å²) in [6.07, 6.45) is 0.586. The number of rotatable bonds is 20. The number of phenols is 2. The van der Waals surface area contributed by atoms with Gasteiger partial charge in [0.2, 0.25) is 0 Å². The molecule has 2 atom stereocenters. The molecular weight excluding hydrogens is 640 g/mol. The third-order valence-electron chi connectivity index (χ3n) is 6.93. The second-order valence-corrected chi connectivity index (χ2v) is 16.2. The predicted molar refractivity (Wildman–Crippen MR) is 170 cm³/mol. The van der Waals surface area contributed by atoms with E-state index in [0.29, 0.717) is 48.9 Å². The second-order valence-electron chi connectivity index (χ2n) is 9.97. The monoisotopic (exact) mass is 688 g/mol. The molecule has 46 heavy (non-hydrogen) atoms. The number of hydrogen-bond donors (Lipinski definition) is 4. The molecule has 0 aliphatic rings. The largest absolute Gasteiger partial charge is 0.508 e. The lowest BCUT2D eigenvalue weighted by atomic mass is 10.2. The number of esters is 2. The van der Waals surface area contributed by atoms with E-state index in [9.17, 15) is 19.8 Å². The number of benzene rings is 2. The lowest BCUT2D eigenvalue weighted by Gasteiger charge is -2.24. The molecule has 14 nitrogen and oxygen atoms in total. The number of phenolic OH excluding ortho intramolecular Hbond substituents is 2. The number of ether oxygens (including phenoxy) is 2. The van der Waals surface area contributed by atoms with Crippen LogP contribution in [-0.4, -0.2) is 118 Å². The molecule has 0 spiro atoms. The van der Waals surface area contributed by atoms with Gasteiger partial charge in [-0.1, -0.05) is 0 Å². The first-order valence-electron chi connectivity index (χ1n) is 14.5. The number of carbonyl (C=O) groups excluding carboxylic acids is 2. The van der Waals surface area contributed by atoms with Crippen LogP contribution in [0.4, 0.5) is 0 Å². The molecule has 0 saturated carbocycles. The number of carbonyl (C=O) groups is 2. The Balaban J connectivity index is 0.000000460. The zero-order valence-corrected chi connectivity index (χ0v) is 29.3. The van der Waals surface area contributed by atoms with Crippen molar-refractivity contribution in [2.45, 2.75) is 50.0 Å². The highest BCUT2D eigenvalue weighted by Gasteiger charge is 2.38. The van der Waals surface area contributed by atoms with Crippen LogP contribution in [0.25, 0.3) is 0 Å². The van der Waals surface area contributed by atoms with Crippen LogP contribution in [0.15, 0.2) is 48.5 Å². The average Bonchev–Trinajstić information content (AvgIpc) is 3.08. The summed E-state index contributed by atoms with van der Waals surface area (Å²) < 4.78 is 41.8. The van der Waals surface area contributed by atoms with Gasteiger partial charge in [-0.2, -0.15) is 0 Å². The molecule has 0 fully saturated rings. The van der Waals surface area contributed by atoms with Gasteiger partial charge < -0.3 is 56.5 Å². The van der Waals surface area contributed by atoms with Gasteiger partial charge in [0.15, 0.2) is 0 Å². The van der Waals surface area contributed by atoms with E-state index >= 15 is 0 Å². The van der Waals surface area contributed by atoms with Gasteiger partial charge in [-0.25, -0.2) is 9.59 Å². The highest BCUT2D eigenvalue weighted by atomic mass is 28.4. The molecule has 0 aromatic heterocycles. The Morgan fingerprint density at radius 3 is 1.11 bits per heavy atom. The van der Waals surface area contributed by atoms with Crippen LogP contribution < -0.4 is 0 Å². The third-order valence-corrected chi connectivity index (χ3v) is 12.6. The van der Waals surface area contributed by atoms with Crippen molar-refractivity contribution in [3.63, 3.8) is 0 Å². The van der Waals surface area contributed by atoms with Crippen molar-refractivity contribution in [1.29, 1.82) is 0 Å². The van der Waals surface area contributed by atoms with Crippen LogP contribution in [0.2, 0.25) is 12.1 Å². The fraction of sp³-hybridized carbons (Fsp3) is 0.533. The molecular formula is C30H48O14Si2. The zero-order valence-electron chi connectivity index (χ0n) is 27.3. The average molecular weight is 689 g/mol. The Morgan fingerprint density at radius 1 is 0.565 bits per heavy atom. The molecule has 0 aliphatic heterocycles. The molecule has 16 heteroatoms. The Labute approximate surface area is 272 Å². The van der Waals surface area contributed by atoms with Crippen LogP contribution >= 0.6 is 0 Å². The van der Waals surface area contributed by atoms with Crippen LogP contribution in [0.1, 0.15) is 46.4 Å². The van der Waals surface area contributed by atoms with E-state index in [1.807, 2.05) is 0 Å². The molecule has 2 unspecified atom stereocenters. The molecule has 2 aromatic rings. The van der Waals surface area contributed by atoms with Gasteiger partial charge in [-0.05, 0) is 74.2 Å². The van der Waals surface area contributed by atoms with Crippen molar-refractivity contribution in [2.24, 2.45) is 0 Å². The van der Waals surface area contributed by atoms with Crippen LogP contribution in [-0.2, 0) is 36.0 Å². The molecule has 0 aliphatic carbocycles. The highest BCUT2D eigenvalue weighted by Crippen LogP contribution is 2.19. The summed E-state index contributed by atoms with van der Waals surface area (Å²) in [5.74, 6) is -0.941. The van der Waals surface area contributed by atoms with Crippen LogP contribution in [0.3, 0.4) is 0 Å². The zero-order chi connectivity index (χ0) is 34.6. The molecule has 0 amide bonds. The summed E-state index contributed by atoms with van der Waals surface area (Å²) in [5.41, 5.74) is 0.638. The smallest absolute Gasteiger partial charge is 0.500 e. The number of aliphatic hydroxyl groups is 2. The minimum absolute atomic E-state index is 0.0728. The van der Waals surface area contributed by atoms with E-state index in [1.165, 1.54) is 91.2 Å². The second kappa shape index (κ2) is 21.8. The van der Waals surface area contributed by atoms with Gasteiger partial charge in [-0.15, -0.1) is 0 Å². The van der Waals surface area contributed by atoms with E-state index in [-0.39, 0.29) is 24.7 Å². The first-order valence-corrected chi connectivity index (χ1v) is 18.4. The SMILES string of the molecule is CO[Si](CCCC(O)COC(=O)c1ccc(O)cc1)(OC)OC.CO[Si](CCCC(O)COC(=O)c1ccc(O)cc1)(OC)OC. The highest BCUT2D eigenvalue weighted by molar-refractivity contribution is 6.60. The van der Waals surface area contributed by atoms with Gasteiger partial charge in [-0.3, -0.25) is 0 Å². The van der Waals surface area contributed by atoms with Crippen LogP contribution in [0.5, 0.6) is 11.5 Å². The van der Waals surface area contributed by atoms with E-state index in [4.69, 9.17) is 46.2 Å². The molecule has 260 valence electrons. The van der Waals surface area contributed by atoms with E-state index in [2.05, 4.69) is 0 Å². The lowest BCUT2D eigenvalue weighted by Crippen LogP contribution is -2.42. The summed E-state index contributed by atoms with van der Waals surface area (Å²) in [6, 6.07) is 12.6. The Hall–Kier alpha value is -2.91. The Kier molecular flexibility index (Phi) is 19.5. The number of hydrogen-bond acceptors (Lipinski definition) is 14. The number of aliphatic hydroxyl groups excluding tert-OH is 2. The van der Waals surface area contributed by atoms with E-state index in [0.717, 1.165) is 0 Å². The summed E-state index contributed by atoms with van der Waals surface area (Å²) >= 11 is 0. The summed E-state index contributed by atoms with van der Waals surface area (Å²) in [6.45, 7) is -0.192. The van der Waals surface area contributed by atoms with Crippen molar-refractivity contribution in [3.05, 3.63) is 59.7 Å². The quantitative estimate of drug-likeness (QED) is 0.117. The number of aromatic hydroxyl groups is 2. The standard InChI is InChI=1S/2C15H24O7Si/c2*1-19-23(20-2,21-3)10-4-5-14(17)11-22-15(18)12-6-8-13(16)9-7-12/h2*6-9,14,16-17H,4-5,10-11H2,1-3H3. The Morgan fingerprint density at radius 2 is 0.848 bits per heavy atom.